The molecule has 4 heteroatoms. The number of piperidine rings is 1. The molecular formula is C13H22N4. The summed E-state index contributed by atoms with van der Waals surface area (Å²) in [7, 11) is 2.06. The van der Waals surface area contributed by atoms with E-state index in [1.807, 2.05) is 4.68 Å². The van der Waals surface area contributed by atoms with Gasteiger partial charge in [0.15, 0.2) is 5.82 Å². The summed E-state index contributed by atoms with van der Waals surface area (Å²) in [5, 5.41) is 8.14. The minimum absolute atomic E-state index is 0.215. The minimum Gasteiger partial charge on any atom is -0.316 e. The Morgan fingerprint density at radius 1 is 1.47 bits per heavy atom. The van der Waals surface area contributed by atoms with Gasteiger partial charge in [-0.3, -0.25) is 4.68 Å². The summed E-state index contributed by atoms with van der Waals surface area (Å²) < 4.78 is 2.03. The number of rotatable bonds is 3. The van der Waals surface area contributed by atoms with Gasteiger partial charge in [0.05, 0.1) is 0 Å². The molecule has 4 nitrogen and oxygen atoms in total. The SMILES string of the molecule is CCC1(c2nc(C3CC3)nn2C)CCCNC1. The normalized spacial score (nSPS) is 29.5. The van der Waals surface area contributed by atoms with Crippen LogP contribution in [-0.4, -0.2) is 27.9 Å². The molecule has 2 aliphatic rings. The first kappa shape index (κ1) is 11.2. The van der Waals surface area contributed by atoms with Crippen LogP contribution in [0.2, 0.25) is 0 Å². The quantitative estimate of drug-likeness (QED) is 0.866. The van der Waals surface area contributed by atoms with Crippen molar-refractivity contribution in [2.75, 3.05) is 13.1 Å². The van der Waals surface area contributed by atoms with E-state index < -0.39 is 0 Å². The lowest BCUT2D eigenvalue weighted by Gasteiger charge is -2.35. The van der Waals surface area contributed by atoms with Crippen molar-refractivity contribution >= 4 is 0 Å². The average molecular weight is 234 g/mol. The number of aromatic nitrogens is 3. The van der Waals surface area contributed by atoms with E-state index in [0.29, 0.717) is 5.92 Å². The lowest BCUT2D eigenvalue weighted by atomic mass is 9.77. The Morgan fingerprint density at radius 2 is 2.29 bits per heavy atom. The molecule has 1 N–H and O–H groups in total. The van der Waals surface area contributed by atoms with Gasteiger partial charge in [-0.05, 0) is 38.6 Å². The van der Waals surface area contributed by atoms with Crippen LogP contribution in [0.15, 0.2) is 0 Å². The van der Waals surface area contributed by atoms with Gasteiger partial charge in [0.1, 0.15) is 5.82 Å². The molecule has 2 fully saturated rings. The van der Waals surface area contributed by atoms with Gasteiger partial charge in [-0.2, -0.15) is 5.10 Å². The molecule has 0 radical (unpaired) electrons. The molecule has 1 saturated carbocycles. The van der Waals surface area contributed by atoms with Gasteiger partial charge in [-0.15, -0.1) is 0 Å². The number of hydrogen-bond acceptors (Lipinski definition) is 3. The zero-order valence-corrected chi connectivity index (χ0v) is 10.9. The molecule has 1 aliphatic carbocycles. The van der Waals surface area contributed by atoms with Crippen molar-refractivity contribution in [2.45, 2.75) is 50.4 Å². The topological polar surface area (TPSA) is 42.7 Å². The number of aryl methyl sites for hydroxylation is 1. The van der Waals surface area contributed by atoms with Gasteiger partial charge < -0.3 is 5.32 Å². The van der Waals surface area contributed by atoms with Crippen molar-refractivity contribution in [3.8, 4) is 0 Å². The van der Waals surface area contributed by atoms with Crippen molar-refractivity contribution in [1.82, 2.24) is 20.1 Å². The van der Waals surface area contributed by atoms with Gasteiger partial charge in [-0.1, -0.05) is 6.92 Å². The van der Waals surface area contributed by atoms with Gasteiger partial charge in [0.25, 0.3) is 0 Å². The van der Waals surface area contributed by atoms with Crippen LogP contribution in [0.25, 0.3) is 0 Å². The van der Waals surface area contributed by atoms with Crippen LogP contribution < -0.4 is 5.32 Å². The highest BCUT2D eigenvalue weighted by Crippen LogP contribution is 2.40. The van der Waals surface area contributed by atoms with Crippen LogP contribution in [0.4, 0.5) is 0 Å². The van der Waals surface area contributed by atoms with Crippen molar-refractivity contribution in [3.63, 3.8) is 0 Å². The molecule has 1 aromatic rings. The van der Waals surface area contributed by atoms with Crippen LogP contribution >= 0.6 is 0 Å². The van der Waals surface area contributed by atoms with Crippen molar-refractivity contribution in [2.24, 2.45) is 7.05 Å². The molecule has 1 saturated heterocycles. The fourth-order valence-electron chi connectivity index (χ4n) is 3.00. The van der Waals surface area contributed by atoms with E-state index in [4.69, 9.17) is 4.98 Å². The first-order chi connectivity index (χ1) is 8.25. The fourth-order valence-corrected chi connectivity index (χ4v) is 3.00. The predicted molar refractivity (Wildman–Crippen MR) is 67.1 cm³/mol. The number of nitrogens with one attached hydrogen (secondary N) is 1. The fraction of sp³-hybridized carbons (Fsp3) is 0.846. The predicted octanol–water partition coefficient (Wildman–Crippen LogP) is 1.72. The Hall–Kier alpha value is -0.900. The zero-order valence-electron chi connectivity index (χ0n) is 10.9. The van der Waals surface area contributed by atoms with E-state index in [1.54, 1.807) is 0 Å². The molecular weight excluding hydrogens is 212 g/mol. The van der Waals surface area contributed by atoms with Crippen molar-refractivity contribution in [1.29, 1.82) is 0 Å². The Labute approximate surface area is 103 Å². The molecule has 0 aromatic carbocycles. The maximum absolute atomic E-state index is 4.85. The largest absolute Gasteiger partial charge is 0.316 e. The summed E-state index contributed by atoms with van der Waals surface area (Å²) in [6, 6.07) is 0. The Bertz CT molecular complexity index is 400. The molecule has 1 atom stereocenters. The molecule has 1 aromatic heterocycles. The first-order valence-electron chi connectivity index (χ1n) is 6.87. The highest BCUT2D eigenvalue weighted by Gasteiger charge is 2.38. The highest BCUT2D eigenvalue weighted by molar-refractivity contribution is 5.15. The summed E-state index contributed by atoms with van der Waals surface area (Å²) in [5.74, 6) is 2.94. The summed E-state index contributed by atoms with van der Waals surface area (Å²) in [6.07, 6.45) is 6.20. The van der Waals surface area contributed by atoms with E-state index in [0.717, 1.165) is 25.3 Å². The van der Waals surface area contributed by atoms with Crippen molar-refractivity contribution < 1.29 is 0 Å². The maximum Gasteiger partial charge on any atom is 0.154 e. The van der Waals surface area contributed by atoms with Gasteiger partial charge in [-0.25, -0.2) is 4.98 Å². The number of nitrogens with zero attached hydrogens (tertiary/aromatic N) is 3. The van der Waals surface area contributed by atoms with Crippen molar-refractivity contribution in [3.05, 3.63) is 11.6 Å². The van der Waals surface area contributed by atoms with Crippen LogP contribution in [-0.2, 0) is 12.5 Å². The Balaban J connectivity index is 1.94. The van der Waals surface area contributed by atoms with E-state index in [9.17, 15) is 0 Å². The maximum atomic E-state index is 4.85. The molecule has 0 spiro atoms. The summed E-state index contributed by atoms with van der Waals surface area (Å²) in [5.41, 5.74) is 0.215. The Morgan fingerprint density at radius 3 is 2.88 bits per heavy atom. The standard InChI is InChI=1S/C13H22N4/c1-3-13(7-4-8-14-9-13)12-15-11(10-5-6-10)16-17(12)2/h10,14H,3-9H2,1-2H3. The smallest absolute Gasteiger partial charge is 0.154 e. The third-order valence-electron chi connectivity index (χ3n) is 4.35. The van der Waals surface area contributed by atoms with Crippen LogP contribution in [0, 0.1) is 0 Å². The Kier molecular flexibility index (Phi) is 2.69. The first-order valence-corrected chi connectivity index (χ1v) is 6.87. The molecule has 0 bridgehead atoms. The highest BCUT2D eigenvalue weighted by atomic mass is 15.3. The second-order valence-corrected chi connectivity index (χ2v) is 5.61. The summed E-state index contributed by atoms with van der Waals surface area (Å²) >= 11 is 0. The van der Waals surface area contributed by atoms with Crippen LogP contribution in [0.5, 0.6) is 0 Å². The van der Waals surface area contributed by atoms with Gasteiger partial charge in [0.2, 0.25) is 0 Å². The van der Waals surface area contributed by atoms with Crippen LogP contribution in [0.1, 0.15) is 56.6 Å². The summed E-state index contributed by atoms with van der Waals surface area (Å²) in [4.78, 5) is 4.85. The molecule has 0 amide bonds. The number of hydrogen-bond donors (Lipinski definition) is 1. The molecule has 2 heterocycles. The third kappa shape index (κ3) is 1.88. The van der Waals surface area contributed by atoms with Crippen LogP contribution in [0.3, 0.4) is 0 Å². The lowest BCUT2D eigenvalue weighted by Crippen LogP contribution is -2.44. The lowest BCUT2D eigenvalue weighted by molar-refractivity contribution is 0.279. The van der Waals surface area contributed by atoms with E-state index in [-0.39, 0.29) is 5.41 Å². The van der Waals surface area contributed by atoms with Gasteiger partial charge >= 0.3 is 0 Å². The second kappa shape index (κ2) is 4.09. The van der Waals surface area contributed by atoms with Gasteiger partial charge in [0, 0.05) is 24.9 Å². The molecule has 94 valence electrons. The molecule has 1 unspecified atom stereocenters. The molecule has 17 heavy (non-hydrogen) atoms. The second-order valence-electron chi connectivity index (χ2n) is 5.61. The monoisotopic (exact) mass is 234 g/mol. The molecule has 3 rings (SSSR count). The van der Waals surface area contributed by atoms with E-state index in [2.05, 4.69) is 24.4 Å². The molecule has 1 aliphatic heterocycles. The summed E-state index contributed by atoms with van der Waals surface area (Å²) in [6.45, 7) is 4.48. The van der Waals surface area contributed by atoms with E-state index in [1.165, 1.54) is 31.5 Å². The van der Waals surface area contributed by atoms with E-state index >= 15 is 0 Å². The average Bonchev–Trinajstić information content (AvgIpc) is 3.14. The third-order valence-corrected chi connectivity index (χ3v) is 4.35. The zero-order chi connectivity index (χ0) is 11.9. The minimum atomic E-state index is 0.215.